The van der Waals surface area contributed by atoms with Crippen LogP contribution in [0.15, 0.2) is 71.5 Å². The Morgan fingerprint density at radius 2 is 1.96 bits per heavy atom. The minimum atomic E-state index is -0.488. The van der Waals surface area contributed by atoms with Crippen molar-refractivity contribution < 1.29 is 14.3 Å². The van der Waals surface area contributed by atoms with E-state index in [1.165, 1.54) is 0 Å². The minimum Gasteiger partial charge on any atom is -0.505 e. The maximum atomic E-state index is 12.8. The molecule has 0 radical (unpaired) electrons. The van der Waals surface area contributed by atoms with Crippen molar-refractivity contribution >= 4 is 22.5 Å². The lowest BCUT2D eigenvalue weighted by molar-refractivity contribution is 0.102. The Balaban J connectivity index is 1.80. The van der Waals surface area contributed by atoms with Gasteiger partial charge in [-0.2, -0.15) is 5.26 Å². The molecule has 2 aromatic carbocycles. The van der Waals surface area contributed by atoms with E-state index in [0.717, 1.165) is 0 Å². The van der Waals surface area contributed by atoms with Crippen LogP contribution in [-0.4, -0.2) is 16.0 Å². The highest BCUT2D eigenvalue weighted by Crippen LogP contribution is 2.36. The quantitative estimate of drug-likeness (QED) is 0.570. The van der Waals surface area contributed by atoms with Crippen molar-refractivity contribution in [2.24, 2.45) is 0 Å². The first-order valence-electron chi connectivity index (χ1n) is 8.13. The predicted octanol–water partition coefficient (Wildman–Crippen LogP) is 4.32. The van der Waals surface area contributed by atoms with Crippen LogP contribution in [0.4, 0.5) is 5.69 Å². The van der Waals surface area contributed by atoms with Crippen LogP contribution in [0.3, 0.4) is 0 Å². The number of phenols is 1. The van der Waals surface area contributed by atoms with Gasteiger partial charge < -0.3 is 14.8 Å². The molecule has 2 heterocycles. The zero-order chi connectivity index (χ0) is 18.8. The standard InChI is InChI=1S/C21H13N3O3/c22-12-13-5-7-14(8-6-13)24-21(26)17-11-16(18-4-2-10-27-18)15-3-1-9-23-19(15)20(17)25/h1-11,25H,(H,24,26). The molecule has 0 saturated carbocycles. The highest BCUT2D eigenvalue weighted by molar-refractivity contribution is 6.12. The Morgan fingerprint density at radius 1 is 1.15 bits per heavy atom. The van der Waals surface area contributed by atoms with E-state index in [1.807, 2.05) is 12.1 Å². The number of amides is 1. The number of phenolic OH excluding ortho intramolecular Hbond substituents is 1. The Labute approximate surface area is 154 Å². The highest BCUT2D eigenvalue weighted by atomic mass is 16.3. The maximum Gasteiger partial charge on any atom is 0.259 e. The fourth-order valence-corrected chi connectivity index (χ4v) is 2.86. The van der Waals surface area contributed by atoms with E-state index < -0.39 is 5.91 Å². The number of rotatable bonds is 3. The molecule has 0 unspecified atom stereocenters. The van der Waals surface area contributed by atoms with Crippen LogP contribution in [0.1, 0.15) is 15.9 Å². The number of nitriles is 1. The summed E-state index contributed by atoms with van der Waals surface area (Å²) in [5.41, 5.74) is 2.06. The van der Waals surface area contributed by atoms with Gasteiger partial charge in [0.2, 0.25) is 0 Å². The van der Waals surface area contributed by atoms with Gasteiger partial charge in [-0.15, -0.1) is 0 Å². The van der Waals surface area contributed by atoms with Crippen LogP contribution < -0.4 is 5.32 Å². The molecule has 0 spiro atoms. The zero-order valence-electron chi connectivity index (χ0n) is 14.0. The molecule has 0 aliphatic carbocycles. The molecule has 27 heavy (non-hydrogen) atoms. The third-order valence-electron chi connectivity index (χ3n) is 4.17. The monoisotopic (exact) mass is 355 g/mol. The molecule has 0 aliphatic heterocycles. The lowest BCUT2D eigenvalue weighted by Gasteiger charge is -2.12. The fourth-order valence-electron chi connectivity index (χ4n) is 2.86. The highest BCUT2D eigenvalue weighted by Gasteiger charge is 2.20. The molecule has 0 saturated heterocycles. The number of benzene rings is 2. The number of hydrogen-bond acceptors (Lipinski definition) is 5. The third-order valence-corrected chi connectivity index (χ3v) is 4.17. The van der Waals surface area contributed by atoms with Gasteiger partial charge in [0.1, 0.15) is 11.3 Å². The first-order valence-corrected chi connectivity index (χ1v) is 8.13. The normalized spacial score (nSPS) is 10.5. The van der Waals surface area contributed by atoms with Crippen molar-refractivity contribution in [3.63, 3.8) is 0 Å². The predicted molar refractivity (Wildman–Crippen MR) is 100 cm³/mol. The summed E-state index contributed by atoms with van der Waals surface area (Å²) in [6.45, 7) is 0. The largest absolute Gasteiger partial charge is 0.505 e. The van der Waals surface area contributed by atoms with Crippen LogP contribution in [0.2, 0.25) is 0 Å². The summed E-state index contributed by atoms with van der Waals surface area (Å²) in [5, 5.41) is 22.9. The number of hydrogen-bond donors (Lipinski definition) is 2. The SMILES string of the molecule is N#Cc1ccc(NC(=O)c2cc(-c3ccco3)c3cccnc3c2O)cc1. The minimum absolute atomic E-state index is 0.0805. The number of nitrogens with zero attached hydrogens (tertiary/aromatic N) is 2. The van der Waals surface area contributed by atoms with Gasteiger partial charge in [0.15, 0.2) is 5.75 Å². The van der Waals surface area contributed by atoms with Crippen LogP contribution >= 0.6 is 0 Å². The topological polar surface area (TPSA) is 99.2 Å². The second kappa shape index (κ2) is 6.65. The number of nitrogens with one attached hydrogen (secondary N) is 1. The van der Waals surface area contributed by atoms with Gasteiger partial charge in [0, 0.05) is 22.8 Å². The summed E-state index contributed by atoms with van der Waals surface area (Å²) in [5.74, 6) is -0.120. The first kappa shape index (κ1) is 16.4. The lowest BCUT2D eigenvalue weighted by atomic mass is 10.0. The van der Waals surface area contributed by atoms with Crippen molar-refractivity contribution in [2.45, 2.75) is 0 Å². The fraction of sp³-hybridized carbons (Fsp3) is 0. The van der Waals surface area contributed by atoms with E-state index >= 15 is 0 Å². The van der Waals surface area contributed by atoms with Crippen molar-refractivity contribution in [1.29, 1.82) is 5.26 Å². The number of furan rings is 1. The van der Waals surface area contributed by atoms with E-state index in [1.54, 1.807) is 61.0 Å². The third kappa shape index (κ3) is 2.98. The average molecular weight is 355 g/mol. The van der Waals surface area contributed by atoms with E-state index in [2.05, 4.69) is 10.3 Å². The Hall–Kier alpha value is -4.11. The van der Waals surface area contributed by atoms with E-state index in [9.17, 15) is 9.90 Å². The first-order chi connectivity index (χ1) is 13.2. The maximum absolute atomic E-state index is 12.8. The van der Waals surface area contributed by atoms with Gasteiger partial charge in [-0.05, 0) is 48.5 Å². The van der Waals surface area contributed by atoms with E-state index in [4.69, 9.17) is 9.68 Å². The summed E-state index contributed by atoms with van der Waals surface area (Å²) < 4.78 is 5.47. The van der Waals surface area contributed by atoms with Crippen molar-refractivity contribution in [1.82, 2.24) is 4.98 Å². The van der Waals surface area contributed by atoms with Gasteiger partial charge in [-0.3, -0.25) is 9.78 Å². The van der Waals surface area contributed by atoms with Crippen LogP contribution in [0.25, 0.3) is 22.2 Å². The van der Waals surface area contributed by atoms with Crippen LogP contribution in [-0.2, 0) is 0 Å². The average Bonchev–Trinajstić information content (AvgIpc) is 3.23. The molecule has 1 amide bonds. The van der Waals surface area contributed by atoms with Crippen molar-refractivity contribution in [3.8, 4) is 23.1 Å². The number of aromatic nitrogens is 1. The summed E-state index contributed by atoms with van der Waals surface area (Å²) >= 11 is 0. The van der Waals surface area contributed by atoms with Crippen LogP contribution in [0.5, 0.6) is 5.75 Å². The lowest BCUT2D eigenvalue weighted by Crippen LogP contribution is -2.12. The number of anilines is 1. The number of pyridine rings is 1. The second-order valence-corrected chi connectivity index (χ2v) is 5.84. The molecule has 130 valence electrons. The molecule has 0 fully saturated rings. The van der Waals surface area contributed by atoms with Crippen molar-refractivity contribution in [3.05, 3.63) is 78.2 Å². The van der Waals surface area contributed by atoms with Gasteiger partial charge in [-0.1, -0.05) is 6.07 Å². The van der Waals surface area contributed by atoms with Gasteiger partial charge in [0.25, 0.3) is 5.91 Å². The summed E-state index contributed by atoms with van der Waals surface area (Å²) in [4.78, 5) is 17.0. The van der Waals surface area contributed by atoms with Gasteiger partial charge in [-0.25, -0.2) is 0 Å². The van der Waals surface area contributed by atoms with Gasteiger partial charge >= 0.3 is 0 Å². The smallest absolute Gasteiger partial charge is 0.259 e. The number of aromatic hydroxyl groups is 1. The number of fused-ring (bicyclic) bond motifs is 1. The molecule has 6 nitrogen and oxygen atoms in total. The Morgan fingerprint density at radius 3 is 2.67 bits per heavy atom. The summed E-state index contributed by atoms with van der Waals surface area (Å²) in [7, 11) is 0. The molecular formula is C21H13N3O3. The molecule has 2 aromatic heterocycles. The Bertz CT molecular complexity index is 1170. The molecule has 0 bridgehead atoms. The molecular weight excluding hydrogens is 342 g/mol. The molecule has 0 atom stereocenters. The summed E-state index contributed by atoms with van der Waals surface area (Å²) in [6, 6.07) is 17.1. The van der Waals surface area contributed by atoms with Crippen molar-refractivity contribution in [2.75, 3.05) is 5.32 Å². The van der Waals surface area contributed by atoms with E-state index in [0.29, 0.717) is 33.5 Å². The van der Waals surface area contributed by atoms with E-state index in [-0.39, 0.29) is 11.3 Å². The van der Waals surface area contributed by atoms with Gasteiger partial charge in [0.05, 0.1) is 23.5 Å². The zero-order valence-corrected chi connectivity index (χ0v) is 14.0. The molecule has 0 aliphatic rings. The number of carbonyl (C=O) groups is 1. The second-order valence-electron chi connectivity index (χ2n) is 5.84. The molecule has 4 rings (SSSR count). The molecule has 2 N–H and O–H groups in total. The number of carbonyl (C=O) groups excluding carboxylic acids is 1. The van der Waals surface area contributed by atoms with Crippen LogP contribution in [0, 0.1) is 11.3 Å². The molecule has 4 aromatic rings. The molecule has 6 heteroatoms. The Kier molecular flexibility index (Phi) is 4.03. The summed E-state index contributed by atoms with van der Waals surface area (Å²) in [6.07, 6.45) is 3.09.